The predicted octanol–water partition coefficient (Wildman–Crippen LogP) is 2.34. The molecule has 1 saturated heterocycles. The van der Waals surface area contributed by atoms with E-state index in [-0.39, 0.29) is 0 Å². The van der Waals surface area contributed by atoms with Crippen LogP contribution in [0.2, 0.25) is 0 Å². The molecule has 1 aliphatic rings. The maximum absolute atomic E-state index is 8.82. The highest BCUT2D eigenvalue weighted by atomic mass is 16.5. The summed E-state index contributed by atoms with van der Waals surface area (Å²) in [4.78, 5) is 0. The van der Waals surface area contributed by atoms with Gasteiger partial charge in [0.2, 0.25) is 0 Å². The third-order valence-electron chi connectivity index (χ3n) is 3.77. The summed E-state index contributed by atoms with van der Waals surface area (Å²) in [6.07, 6.45) is 2.28. The third kappa shape index (κ3) is 4.52. The number of nitrogens with zero attached hydrogens (tertiary/aromatic N) is 1. The van der Waals surface area contributed by atoms with Crippen LogP contribution < -0.4 is 10.1 Å². The summed E-state index contributed by atoms with van der Waals surface area (Å²) >= 11 is 0. The molecule has 0 unspecified atom stereocenters. The molecule has 4 heteroatoms. The molecule has 0 amide bonds. The highest BCUT2D eigenvalue weighted by molar-refractivity contribution is 5.36. The molecule has 2 rings (SSSR count). The zero-order valence-corrected chi connectivity index (χ0v) is 12.0. The molecule has 1 aromatic carbocycles. The van der Waals surface area contributed by atoms with Crippen molar-refractivity contribution in [1.82, 2.24) is 5.32 Å². The van der Waals surface area contributed by atoms with Crippen molar-refractivity contribution < 1.29 is 9.47 Å². The first-order valence-electron chi connectivity index (χ1n) is 7.23. The van der Waals surface area contributed by atoms with Gasteiger partial charge in [-0.25, -0.2) is 0 Å². The number of ether oxygens (including phenoxy) is 2. The third-order valence-corrected chi connectivity index (χ3v) is 3.77. The molecule has 1 fully saturated rings. The largest absolute Gasteiger partial charge is 0.492 e. The van der Waals surface area contributed by atoms with E-state index in [1.54, 1.807) is 12.1 Å². The Bertz CT molecular complexity index is 450. The monoisotopic (exact) mass is 274 g/mol. The smallest absolute Gasteiger partial charge is 0.120 e. The van der Waals surface area contributed by atoms with Crippen molar-refractivity contribution in [3.8, 4) is 11.8 Å². The standard InChI is InChI=1S/C16H22N2O2/c1-13(15-5-8-19-9-6-15)18-7-10-20-16-4-2-3-14(11-16)12-17/h2-4,11,13,15,18H,5-10H2,1H3/t13-/m0/s1. The van der Waals surface area contributed by atoms with Crippen molar-refractivity contribution in [2.45, 2.75) is 25.8 Å². The van der Waals surface area contributed by atoms with Crippen LogP contribution in [0, 0.1) is 17.2 Å². The van der Waals surface area contributed by atoms with Gasteiger partial charge < -0.3 is 14.8 Å². The number of nitrogens with one attached hydrogen (secondary N) is 1. The highest BCUT2D eigenvalue weighted by Gasteiger charge is 2.19. The van der Waals surface area contributed by atoms with E-state index in [4.69, 9.17) is 14.7 Å². The SMILES string of the molecule is C[C@H](NCCOc1cccc(C#N)c1)C1CCOCC1. The Kier molecular flexibility index (Phi) is 5.85. The number of hydrogen-bond donors (Lipinski definition) is 1. The van der Waals surface area contributed by atoms with Crippen LogP contribution in [0.5, 0.6) is 5.75 Å². The van der Waals surface area contributed by atoms with Crippen molar-refractivity contribution in [2.75, 3.05) is 26.4 Å². The Morgan fingerprint density at radius 3 is 3.00 bits per heavy atom. The number of nitriles is 1. The van der Waals surface area contributed by atoms with E-state index in [0.717, 1.165) is 38.3 Å². The molecule has 20 heavy (non-hydrogen) atoms. The minimum absolute atomic E-state index is 0.493. The van der Waals surface area contributed by atoms with Gasteiger partial charge in [0, 0.05) is 25.8 Å². The van der Waals surface area contributed by atoms with Gasteiger partial charge in [0.15, 0.2) is 0 Å². The number of benzene rings is 1. The second-order valence-electron chi connectivity index (χ2n) is 5.18. The van der Waals surface area contributed by atoms with Crippen LogP contribution in [0.4, 0.5) is 0 Å². The summed E-state index contributed by atoms with van der Waals surface area (Å²) in [6.45, 7) is 5.42. The van der Waals surface area contributed by atoms with Gasteiger partial charge >= 0.3 is 0 Å². The molecule has 1 aliphatic heterocycles. The lowest BCUT2D eigenvalue weighted by atomic mass is 9.93. The minimum Gasteiger partial charge on any atom is -0.492 e. The molecule has 0 radical (unpaired) electrons. The molecule has 0 bridgehead atoms. The lowest BCUT2D eigenvalue weighted by Gasteiger charge is -2.28. The van der Waals surface area contributed by atoms with E-state index in [2.05, 4.69) is 18.3 Å². The molecule has 0 aromatic heterocycles. The summed E-state index contributed by atoms with van der Waals surface area (Å²) in [5, 5.41) is 12.3. The van der Waals surface area contributed by atoms with Crippen molar-refractivity contribution >= 4 is 0 Å². The van der Waals surface area contributed by atoms with E-state index in [1.165, 1.54) is 0 Å². The summed E-state index contributed by atoms with van der Waals surface area (Å²) in [5.41, 5.74) is 0.631. The zero-order valence-electron chi connectivity index (χ0n) is 12.0. The summed E-state index contributed by atoms with van der Waals surface area (Å²) in [5.74, 6) is 1.45. The summed E-state index contributed by atoms with van der Waals surface area (Å²) < 4.78 is 11.0. The first-order valence-corrected chi connectivity index (χ1v) is 7.23. The summed E-state index contributed by atoms with van der Waals surface area (Å²) in [7, 11) is 0. The molecule has 0 aliphatic carbocycles. The maximum atomic E-state index is 8.82. The second kappa shape index (κ2) is 7.88. The second-order valence-corrected chi connectivity index (χ2v) is 5.18. The molecule has 0 spiro atoms. The van der Waals surface area contributed by atoms with Crippen molar-refractivity contribution in [3.05, 3.63) is 29.8 Å². The Balaban J connectivity index is 1.66. The van der Waals surface area contributed by atoms with Crippen LogP contribution in [-0.2, 0) is 4.74 Å². The number of hydrogen-bond acceptors (Lipinski definition) is 4. The Hall–Kier alpha value is -1.57. The average molecular weight is 274 g/mol. The van der Waals surface area contributed by atoms with Gasteiger partial charge in [0.25, 0.3) is 0 Å². The van der Waals surface area contributed by atoms with Crippen molar-refractivity contribution in [2.24, 2.45) is 5.92 Å². The molecule has 1 N–H and O–H groups in total. The van der Waals surface area contributed by atoms with E-state index in [0.29, 0.717) is 24.1 Å². The van der Waals surface area contributed by atoms with Gasteiger partial charge in [-0.05, 0) is 43.9 Å². The molecule has 1 heterocycles. The van der Waals surface area contributed by atoms with Crippen LogP contribution in [0.3, 0.4) is 0 Å². The van der Waals surface area contributed by atoms with Crippen LogP contribution in [0.15, 0.2) is 24.3 Å². The Labute approximate surface area is 120 Å². The van der Waals surface area contributed by atoms with E-state index in [1.807, 2.05) is 12.1 Å². The minimum atomic E-state index is 0.493. The van der Waals surface area contributed by atoms with Crippen LogP contribution in [0.1, 0.15) is 25.3 Å². The van der Waals surface area contributed by atoms with Gasteiger partial charge in [-0.3, -0.25) is 0 Å². The van der Waals surface area contributed by atoms with E-state index >= 15 is 0 Å². The van der Waals surface area contributed by atoms with Crippen LogP contribution in [-0.4, -0.2) is 32.4 Å². The fraction of sp³-hybridized carbons (Fsp3) is 0.562. The molecule has 1 aromatic rings. The van der Waals surface area contributed by atoms with Gasteiger partial charge in [-0.2, -0.15) is 5.26 Å². The van der Waals surface area contributed by atoms with Gasteiger partial charge in [-0.1, -0.05) is 6.07 Å². The topological polar surface area (TPSA) is 54.3 Å². The Morgan fingerprint density at radius 2 is 2.25 bits per heavy atom. The molecule has 108 valence electrons. The van der Waals surface area contributed by atoms with Crippen molar-refractivity contribution in [3.63, 3.8) is 0 Å². The van der Waals surface area contributed by atoms with E-state index < -0.39 is 0 Å². The predicted molar refractivity (Wildman–Crippen MR) is 77.7 cm³/mol. The Morgan fingerprint density at radius 1 is 1.45 bits per heavy atom. The first-order chi connectivity index (χ1) is 9.79. The molecule has 1 atom stereocenters. The van der Waals surface area contributed by atoms with E-state index in [9.17, 15) is 0 Å². The van der Waals surface area contributed by atoms with Gasteiger partial charge in [-0.15, -0.1) is 0 Å². The molecule has 0 saturated carbocycles. The number of rotatable bonds is 6. The maximum Gasteiger partial charge on any atom is 0.120 e. The normalized spacial score (nSPS) is 17.4. The van der Waals surface area contributed by atoms with Crippen LogP contribution >= 0.6 is 0 Å². The molecular formula is C16H22N2O2. The first kappa shape index (κ1) is 14.8. The van der Waals surface area contributed by atoms with Crippen molar-refractivity contribution in [1.29, 1.82) is 5.26 Å². The summed E-state index contributed by atoms with van der Waals surface area (Å²) in [6, 6.07) is 9.86. The lowest BCUT2D eigenvalue weighted by Crippen LogP contribution is -2.38. The lowest BCUT2D eigenvalue weighted by molar-refractivity contribution is 0.0556. The molecular weight excluding hydrogens is 252 g/mol. The highest BCUT2D eigenvalue weighted by Crippen LogP contribution is 2.18. The zero-order chi connectivity index (χ0) is 14.2. The van der Waals surface area contributed by atoms with Gasteiger partial charge in [0.05, 0.1) is 11.6 Å². The fourth-order valence-corrected chi connectivity index (χ4v) is 2.49. The average Bonchev–Trinajstić information content (AvgIpc) is 2.52. The van der Waals surface area contributed by atoms with Gasteiger partial charge in [0.1, 0.15) is 12.4 Å². The fourth-order valence-electron chi connectivity index (χ4n) is 2.49. The van der Waals surface area contributed by atoms with Crippen LogP contribution in [0.25, 0.3) is 0 Å². The quantitative estimate of drug-likeness (QED) is 0.809. The molecule has 4 nitrogen and oxygen atoms in total.